The topological polar surface area (TPSA) is 113 Å². The molecule has 1 atom stereocenters. The minimum absolute atomic E-state index is 0.0866. The molecule has 0 saturated heterocycles. The predicted octanol–water partition coefficient (Wildman–Crippen LogP) is 7.63. The number of amides is 3. The number of hydrogen-bond acceptors (Lipinski definition) is 6. The average molecular weight is 668 g/mol. The third-order valence-corrected chi connectivity index (χ3v) is 8.09. The Kier molecular flexibility index (Phi) is 10.1. The molecular weight excluding hydrogens is 640 g/mol. The van der Waals surface area contributed by atoms with Crippen molar-refractivity contribution in [3.8, 4) is 0 Å². The summed E-state index contributed by atoms with van der Waals surface area (Å²) in [5, 5.41) is 11.7. The Hall–Kier alpha value is -4.93. The van der Waals surface area contributed by atoms with E-state index in [4.69, 9.17) is 4.52 Å². The monoisotopic (exact) mass is 666 g/mol. The SMILES string of the molecule is Cc1cc(NC(=O)C(Sc2ccc(NC(=O)/C(=C/c3ccc(Br)cc3)NC(=O)c3ccccc3)cc2)c2ccccc2)no1. The van der Waals surface area contributed by atoms with E-state index in [1.807, 2.05) is 72.8 Å². The van der Waals surface area contributed by atoms with Gasteiger partial charge in [-0.2, -0.15) is 0 Å². The number of aromatic nitrogens is 1. The van der Waals surface area contributed by atoms with Gasteiger partial charge in [0.2, 0.25) is 5.91 Å². The summed E-state index contributed by atoms with van der Waals surface area (Å²) in [6.45, 7) is 1.75. The van der Waals surface area contributed by atoms with Gasteiger partial charge in [0.05, 0.1) is 0 Å². The molecule has 4 aromatic carbocycles. The summed E-state index contributed by atoms with van der Waals surface area (Å²) in [6.07, 6.45) is 1.62. The van der Waals surface area contributed by atoms with Crippen molar-refractivity contribution in [1.29, 1.82) is 0 Å². The normalized spacial score (nSPS) is 11.8. The maximum atomic E-state index is 13.4. The van der Waals surface area contributed by atoms with Crippen LogP contribution in [-0.4, -0.2) is 22.9 Å². The van der Waals surface area contributed by atoms with Gasteiger partial charge in [-0.25, -0.2) is 0 Å². The molecule has 44 heavy (non-hydrogen) atoms. The lowest BCUT2D eigenvalue weighted by atomic mass is 10.1. The van der Waals surface area contributed by atoms with Gasteiger partial charge >= 0.3 is 0 Å². The van der Waals surface area contributed by atoms with Gasteiger partial charge in [-0.1, -0.05) is 81.8 Å². The van der Waals surface area contributed by atoms with Crippen molar-refractivity contribution in [2.24, 2.45) is 0 Å². The molecule has 0 radical (unpaired) electrons. The smallest absolute Gasteiger partial charge is 0.272 e. The Morgan fingerprint density at radius 2 is 1.50 bits per heavy atom. The third-order valence-electron chi connectivity index (χ3n) is 6.30. The van der Waals surface area contributed by atoms with E-state index in [1.54, 1.807) is 55.5 Å². The zero-order valence-electron chi connectivity index (χ0n) is 23.5. The Labute approximate surface area is 267 Å². The molecule has 5 rings (SSSR count). The van der Waals surface area contributed by atoms with Gasteiger partial charge in [0.25, 0.3) is 11.8 Å². The molecule has 220 valence electrons. The quantitative estimate of drug-likeness (QED) is 0.104. The van der Waals surface area contributed by atoms with Crippen molar-refractivity contribution in [2.45, 2.75) is 17.1 Å². The first-order chi connectivity index (χ1) is 21.3. The van der Waals surface area contributed by atoms with Crippen LogP contribution in [0.15, 0.2) is 135 Å². The lowest BCUT2D eigenvalue weighted by molar-refractivity contribution is -0.116. The molecule has 0 saturated carbocycles. The van der Waals surface area contributed by atoms with E-state index in [-0.39, 0.29) is 11.6 Å². The molecule has 0 aliphatic rings. The zero-order valence-corrected chi connectivity index (χ0v) is 25.9. The van der Waals surface area contributed by atoms with Gasteiger partial charge in [-0.15, -0.1) is 11.8 Å². The maximum Gasteiger partial charge on any atom is 0.272 e. The second-order valence-corrected chi connectivity index (χ2v) is 11.7. The highest BCUT2D eigenvalue weighted by atomic mass is 79.9. The van der Waals surface area contributed by atoms with Crippen LogP contribution in [0.25, 0.3) is 6.08 Å². The fourth-order valence-corrected chi connectivity index (χ4v) is 5.43. The van der Waals surface area contributed by atoms with Crippen molar-refractivity contribution >= 4 is 63.0 Å². The van der Waals surface area contributed by atoms with Crippen LogP contribution >= 0.6 is 27.7 Å². The second-order valence-electron chi connectivity index (χ2n) is 9.63. The summed E-state index contributed by atoms with van der Waals surface area (Å²) in [7, 11) is 0. The van der Waals surface area contributed by atoms with Gasteiger partial charge in [-0.05, 0) is 72.7 Å². The summed E-state index contributed by atoms with van der Waals surface area (Å²) >= 11 is 4.78. The lowest BCUT2D eigenvalue weighted by Crippen LogP contribution is -2.30. The second kappa shape index (κ2) is 14.5. The molecule has 1 aromatic heterocycles. The summed E-state index contributed by atoms with van der Waals surface area (Å²) in [5.74, 6) is -0.192. The first-order valence-corrected chi connectivity index (χ1v) is 15.2. The van der Waals surface area contributed by atoms with E-state index in [9.17, 15) is 14.4 Å². The van der Waals surface area contributed by atoms with Gasteiger partial charge < -0.3 is 20.5 Å². The highest BCUT2D eigenvalue weighted by molar-refractivity contribution is 9.10. The maximum absolute atomic E-state index is 13.4. The number of benzene rings is 4. The molecule has 3 amide bonds. The van der Waals surface area contributed by atoms with Gasteiger partial charge in [0, 0.05) is 26.7 Å². The molecule has 0 aliphatic heterocycles. The number of carbonyl (C=O) groups excluding carboxylic acids is 3. The average Bonchev–Trinajstić information content (AvgIpc) is 3.46. The number of hydrogen-bond donors (Lipinski definition) is 3. The Morgan fingerprint density at radius 1 is 0.841 bits per heavy atom. The van der Waals surface area contributed by atoms with Crippen molar-refractivity contribution in [2.75, 3.05) is 10.6 Å². The van der Waals surface area contributed by atoms with Crippen molar-refractivity contribution in [3.63, 3.8) is 0 Å². The zero-order chi connectivity index (χ0) is 30.9. The molecule has 1 heterocycles. The highest BCUT2D eigenvalue weighted by Crippen LogP contribution is 2.36. The van der Waals surface area contributed by atoms with E-state index in [0.717, 1.165) is 20.5 Å². The van der Waals surface area contributed by atoms with Crippen LogP contribution < -0.4 is 16.0 Å². The van der Waals surface area contributed by atoms with Crippen molar-refractivity contribution in [1.82, 2.24) is 10.5 Å². The minimum Gasteiger partial charge on any atom is -0.360 e. The number of aryl methyl sites for hydroxylation is 1. The van der Waals surface area contributed by atoms with Crippen molar-refractivity contribution < 1.29 is 18.9 Å². The fourth-order valence-electron chi connectivity index (χ4n) is 4.14. The van der Waals surface area contributed by atoms with Gasteiger partial charge in [-0.3, -0.25) is 14.4 Å². The Balaban J connectivity index is 1.32. The summed E-state index contributed by atoms with van der Waals surface area (Å²) in [6, 6.07) is 34.3. The van der Waals surface area contributed by atoms with E-state index in [2.05, 4.69) is 37.0 Å². The number of carbonyl (C=O) groups is 3. The summed E-state index contributed by atoms with van der Waals surface area (Å²) in [4.78, 5) is 40.4. The molecule has 0 aliphatic carbocycles. The molecule has 0 bridgehead atoms. The molecule has 0 fully saturated rings. The van der Waals surface area contributed by atoms with Gasteiger partial charge in [0.15, 0.2) is 5.82 Å². The molecule has 1 unspecified atom stereocenters. The Morgan fingerprint density at radius 3 is 2.14 bits per heavy atom. The van der Waals surface area contributed by atoms with Gasteiger partial charge in [0.1, 0.15) is 16.7 Å². The minimum atomic E-state index is -0.567. The van der Waals surface area contributed by atoms with Crippen molar-refractivity contribution in [3.05, 3.63) is 148 Å². The molecular formula is C34H27BrN4O4S. The van der Waals surface area contributed by atoms with Crippen LogP contribution in [0.3, 0.4) is 0 Å². The van der Waals surface area contributed by atoms with E-state index in [1.165, 1.54) is 11.8 Å². The first kappa shape index (κ1) is 30.5. The molecule has 10 heteroatoms. The first-order valence-electron chi connectivity index (χ1n) is 13.5. The lowest BCUT2D eigenvalue weighted by Gasteiger charge is -2.16. The van der Waals surface area contributed by atoms with Crippen LogP contribution in [0.2, 0.25) is 0 Å². The molecule has 8 nitrogen and oxygen atoms in total. The van der Waals surface area contributed by atoms with Crippen LogP contribution in [0, 0.1) is 6.92 Å². The number of thioether (sulfide) groups is 1. The molecule has 3 N–H and O–H groups in total. The van der Waals surface area contributed by atoms with Crippen LogP contribution in [0.4, 0.5) is 11.5 Å². The standard InChI is InChI=1S/C34H27BrN4O4S/c1-22-20-30(39-43-22)38-34(42)31(24-8-4-2-5-9-24)44-28-18-16-27(17-19-28)36-33(41)29(21-23-12-14-26(35)15-13-23)37-32(40)25-10-6-3-7-11-25/h2-21,31H,1H3,(H,36,41)(H,37,40)(H,38,39,42)/b29-21-. The molecule has 0 spiro atoms. The number of nitrogens with zero attached hydrogens (tertiary/aromatic N) is 1. The van der Waals surface area contributed by atoms with E-state index in [0.29, 0.717) is 22.8 Å². The number of halogens is 1. The summed E-state index contributed by atoms with van der Waals surface area (Å²) in [5.41, 5.74) is 2.60. The number of rotatable bonds is 10. The number of anilines is 2. The van der Waals surface area contributed by atoms with E-state index < -0.39 is 17.1 Å². The third kappa shape index (κ3) is 8.33. The predicted molar refractivity (Wildman–Crippen MR) is 176 cm³/mol. The van der Waals surface area contributed by atoms with Crippen LogP contribution in [0.5, 0.6) is 0 Å². The highest BCUT2D eigenvalue weighted by Gasteiger charge is 2.23. The van der Waals surface area contributed by atoms with E-state index >= 15 is 0 Å². The fraction of sp³-hybridized carbons (Fsp3) is 0.0588. The molecule has 5 aromatic rings. The van der Waals surface area contributed by atoms with Crippen LogP contribution in [0.1, 0.15) is 32.5 Å². The number of nitrogens with one attached hydrogen (secondary N) is 3. The summed E-state index contributed by atoms with van der Waals surface area (Å²) < 4.78 is 5.97. The largest absolute Gasteiger partial charge is 0.360 e. The Bertz CT molecular complexity index is 1770. The van der Waals surface area contributed by atoms with Crippen LogP contribution in [-0.2, 0) is 9.59 Å².